The van der Waals surface area contributed by atoms with E-state index in [9.17, 15) is 48.3 Å². The van der Waals surface area contributed by atoms with E-state index in [0.29, 0.717) is 96.7 Å². The summed E-state index contributed by atoms with van der Waals surface area (Å²) in [5, 5.41) is -0.381. The molecule has 0 amide bonds. The lowest BCUT2D eigenvalue weighted by molar-refractivity contribution is -0.223. The first-order valence-electron chi connectivity index (χ1n) is 39.4. The smallest absolute Gasteiger partial charge is 0.400 e. The third-order valence-electron chi connectivity index (χ3n) is 24.3. The molecule has 0 spiro atoms. The van der Waals surface area contributed by atoms with Crippen LogP contribution in [0, 0.1) is 170 Å². The normalized spacial score (nSPS) is 27.2. The highest BCUT2D eigenvalue weighted by molar-refractivity contribution is 6.32. The highest BCUT2D eigenvalue weighted by Gasteiger charge is 2.44. The molecule has 12 rings (SSSR count). The Morgan fingerprint density at radius 2 is 0.490 bits per heavy atom. The van der Waals surface area contributed by atoms with Gasteiger partial charge in [-0.1, -0.05) is 141 Å². The second-order valence-electron chi connectivity index (χ2n) is 32.8. The zero-order valence-corrected chi connectivity index (χ0v) is 64.3. The van der Waals surface area contributed by atoms with E-state index in [0.717, 1.165) is 112 Å². The first-order valence-corrected chi connectivity index (χ1v) is 39.7. The fourth-order valence-electron chi connectivity index (χ4n) is 16.5. The Labute approximate surface area is 630 Å². The summed E-state index contributed by atoms with van der Waals surface area (Å²) in [6.45, 7) is 21.1. The molecule has 5 aromatic carbocycles. The fourth-order valence-corrected chi connectivity index (χ4v) is 16.7. The molecular formula is C87H132ClF11O5. The van der Waals surface area contributed by atoms with Gasteiger partial charge in [-0.15, -0.1) is 0 Å². The molecule has 0 unspecified atom stereocenters. The number of ether oxygens (including phenoxy) is 5. The third kappa shape index (κ3) is 24.8. The highest BCUT2D eigenvalue weighted by atomic mass is 35.5. The molecule has 0 saturated heterocycles. The quantitative estimate of drug-likeness (QED) is 0.0868. The molecule has 5 aromatic rings. The average molecular weight is 1500 g/mol. The van der Waals surface area contributed by atoms with Crippen molar-refractivity contribution < 1.29 is 82.0 Å². The van der Waals surface area contributed by atoms with Crippen molar-refractivity contribution in [2.45, 2.75) is 255 Å². The Kier molecular flexibility index (Phi) is 33.0. The second kappa shape index (κ2) is 40.7. The van der Waals surface area contributed by atoms with Crippen LogP contribution in [0.15, 0.2) is 60.7 Å². The summed E-state index contributed by atoms with van der Waals surface area (Å²) in [7, 11) is 0. The van der Waals surface area contributed by atoms with Gasteiger partial charge in [0.2, 0.25) is 23.3 Å². The first-order chi connectivity index (χ1) is 49.5. The van der Waals surface area contributed by atoms with Gasteiger partial charge < -0.3 is 23.7 Å². The molecule has 7 saturated carbocycles. The summed E-state index contributed by atoms with van der Waals surface area (Å²) in [5.74, 6) is 1.14. The lowest BCUT2D eigenvalue weighted by Gasteiger charge is -2.37. The minimum absolute atomic E-state index is 0. The van der Waals surface area contributed by atoms with Crippen LogP contribution in [-0.2, 0) is 0 Å². The molecule has 0 aliphatic heterocycles. The minimum atomic E-state index is -3.31. The minimum Gasteiger partial charge on any atom is -0.490 e. The highest BCUT2D eigenvalue weighted by Crippen LogP contribution is 2.46. The van der Waals surface area contributed by atoms with Crippen LogP contribution in [0.5, 0.6) is 28.7 Å². The van der Waals surface area contributed by atoms with Crippen molar-refractivity contribution in [1.82, 2.24) is 0 Å². The molecule has 5 nitrogen and oxygen atoms in total. The van der Waals surface area contributed by atoms with Gasteiger partial charge in [-0.05, 0) is 285 Å². The van der Waals surface area contributed by atoms with E-state index in [1.807, 2.05) is 0 Å². The van der Waals surface area contributed by atoms with Gasteiger partial charge in [0.05, 0.1) is 32.3 Å². The van der Waals surface area contributed by atoms with Crippen molar-refractivity contribution >= 4 is 11.6 Å². The molecule has 0 atom stereocenters. The van der Waals surface area contributed by atoms with Crippen LogP contribution in [0.3, 0.4) is 0 Å². The van der Waals surface area contributed by atoms with Crippen LogP contribution in [0.2, 0.25) is 5.02 Å². The van der Waals surface area contributed by atoms with Crippen molar-refractivity contribution in [2.75, 3.05) is 26.4 Å². The predicted octanol–water partition coefficient (Wildman–Crippen LogP) is 28.8. The third-order valence-corrected chi connectivity index (χ3v) is 24.7. The van der Waals surface area contributed by atoms with Gasteiger partial charge in [-0.2, -0.15) is 26.3 Å². The van der Waals surface area contributed by atoms with Gasteiger partial charge >= 0.3 is 6.11 Å². The molecule has 17 heteroatoms. The summed E-state index contributed by atoms with van der Waals surface area (Å²) < 4.78 is 177. The van der Waals surface area contributed by atoms with Crippen molar-refractivity contribution in [3.8, 4) is 28.7 Å². The zero-order chi connectivity index (χ0) is 75.4. The number of benzene rings is 5. The molecule has 0 aromatic heterocycles. The summed E-state index contributed by atoms with van der Waals surface area (Å²) in [6.07, 6.45) is 29.3. The maximum absolute atomic E-state index is 14.1. The van der Waals surface area contributed by atoms with Gasteiger partial charge in [0.25, 0.3) is 0 Å². The first kappa shape index (κ1) is 84.2. The largest absolute Gasteiger partial charge is 0.490 e. The Balaban J connectivity index is 0.000000687. The lowest BCUT2D eigenvalue weighted by Crippen LogP contribution is -2.37. The number of hydrogen-bond acceptors (Lipinski definition) is 5. The molecular weight excluding hydrogens is 1370 g/mol. The zero-order valence-electron chi connectivity index (χ0n) is 63.6. The van der Waals surface area contributed by atoms with E-state index in [2.05, 4.69) is 34.6 Å². The number of halogens is 12. The van der Waals surface area contributed by atoms with Crippen LogP contribution < -0.4 is 23.7 Å². The topological polar surface area (TPSA) is 46.2 Å². The second-order valence-corrected chi connectivity index (χ2v) is 33.1. The summed E-state index contributed by atoms with van der Waals surface area (Å²) in [6, 6.07) is 15.1. The molecule has 594 valence electrons. The summed E-state index contributed by atoms with van der Waals surface area (Å²) in [5.41, 5.74) is 1.57. The van der Waals surface area contributed by atoms with Crippen molar-refractivity contribution in [3.05, 3.63) is 146 Å². The number of aryl methyl sites for hydroxylation is 5. The van der Waals surface area contributed by atoms with Gasteiger partial charge in [0.15, 0.2) is 46.3 Å². The predicted molar refractivity (Wildman–Crippen MR) is 409 cm³/mol. The molecule has 7 fully saturated rings. The number of hydrogen-bond donors (Lipinski definition) is 0. The van der Waals surface area contributed by atoms with E-state index >= 15 is 0 Å². The fraction of sp³-hybridized carbons (Fsp3) is 0.655. The van der Waals surface area contributed by atoms with Crippen LogP contribution in [0.4, 0.5) is 48.3 Å². The van der Waals surface area contributed by atoms with Gasteiger partial charge in [0.1, 0.15) is 16.6 Å². The van der Waals surface area contributed by atoms with Crippen LogP contribution in [0.1, 0.15) is 252 Å². The van der Waals surface area contributed by atoms with Crippen LogP contribution >= 0.6 is 11.6 Å². The van der Waals surface area contributed by atoms with Crippen molar-refractivity contribution in [1.29, 1.82) is 0 Å². The van der Waals surface area contributed by atoms with Gasteiger partial charge in [-0.3, -0.25) is 0 Å². The number of alkyl halides is 2. The molecule has 0 heterocycles. The van der Waals surface area contributed by atoms with Crippen LogP contribution in [0.25, 0.3) is 0 Å². The SMILES string of the molecule is Cc1ccc(OC(F)(F)C2CCC(C)CC2)c(Cl)c1F.Cc1ccc(OCC2CCC(C)CC2)c(F)c1F.Cc1ccc(OCC2CCC(C)CC2)c(F)c1F.Cc1ccc(OCC2CCC(C3CCC(C)CC3)CC2)c(F)c1F.Cc1ccc(OCC2CCC(C3CCC(C)CC3)CC2)c(F)c1F.[HH].[HH].[HH].[HH].[HH].[HH].[HH]. The van der Waals surface area contributed by atoms with Crippen molar-refractivity contribution in [3.63, 3.8) is 0 Å². The molecule has 7 aliphatic carbocycles. The average Bonchev–Trinajstić information content (AvgIpc) is 0.801. The summed E-state index contributed by atoms with van der Waals surface area (Å²) in [4.78, 5) is 0. The van der Waals surface area contributed by atoms with E-state index in [1.165, 1.54) is 134 Å². The maximum atomic E-state index is 14.1. The molecule has 0 N–H and O–H groups in total. The number of rotatable bonds is 17. The van der Waals surface area contributed by atoms with E-state index in [4.69, 9.17) is 35.3 Å². The molecule has 7 aliphatic rings. The molecule has 0 bridgehead atoms. The molecule has 0 radical (unpaired) electrons. The lowest BCUT2D eigenvalue weighted by atomic mass is 9.69. The Bertz CT molecular complexity index is 3280. The standard InChI is InChI=1S/2C21H30F2O.C15H18ClF3O.2C15H20F2O.7H2/c2*1-14-3-8-17(9-4-14)18-10-6-16(7-11-18)13-24-19-12-5-15(2)20(22)21(19)23;1-9-3-6-11(7-4-9)15(18,19)20-12-8-5-10(2)14(17)13(12)16;2*1-10-3-6-12(7-4-10)9-18-13-8-5-11(2)14(16)15(13)17;;;;;;;/h2*5,12,14,16-18H,3-4,6-11,13H2,1-2H3;5,8-9,11H,3-4,6-7H2,1-2H3;2*5,8,10,12H,3-4,6-7,9H2,1-2H3;7*1H. The van der Waals surface area contributed by atoms with E-state index in [-0.39, 0.29) is 43.8 Å². The maximum Gasteiger partial charge on any atom is 0.400 e. The van der Waals surface area contributed by atoms with Gasteiger partial charge in [0, 0.05) is 9.99 Å². The van der Waals surface area contributed by atoms with Crippen molar-refractivity contribution in [2.24, 2.45) is 82.9 Å². The van der Waals surface area contributed by atoms with Crippen LogP contribution in [-0.4, -0.2) is 32.5 Å². The van der Waals surface area contributed by atoms with E-state index in [1.54, 1.807) is 64.1 Å². The monoisotopic (exact) mass is 1500 g/mol. The Hall–Kier alpha value is -5.38. The van der Waals surface area contributed by atoms with Gasteiger partial charge in [-0.25, -0.2) is 22.0 Å². The Morgan fingerprint density at radius 3 is 0.750 bits per heavy atom. The summed E-state index contributed by atoms with van der Waals surface area (Å²) >= 11 is 5.73. The Morgan fingerprint density at radius 1 is 0.288 bits per heavy atom. The van der Waals surface area contributed by atoms with E-state index < -0.39 is 64.4 Å². The molecule has 104 heavy (non-hydrogen) atoms.